The van der Waals surface area contributed by atoms with Gasteiger partial charge in [0, 0.05) is 19.4 Å². The zero-order valence-electron chi connectivity index (χ0n) is 17.2. The molecule has 0 atom stereocenters. The van der Waals surface area contributed by atoms with Gasteiger partial charge in [0.1, 0.15) is 23.5 Å². The molecule has 2 rings (SSSR count). The molecule has 32 heavy (non-hydrogen) atoms. The number of aldehydes is 1. The first-order valence-electron chi connectivity index (χ1n) is 8.92. The lowest BCUT2D eigenvalue weighted by Crippen LogP contribution is -2.16. The van der Waals surface area contributed by atoms with Crippen LogP contribution >= 0.6 is 0 Å². The number of anilines is 1. The van der Waals surface area contributed by atoms with Gasteiger partial charge in [-0.05, 0) is 37.3 Å². The smallest absolute Gasteiger partial charge is 0.418 e. The van der Waals surface area contributed by atoms with Crippen LogP contribution in [-0.2, 0) is 20.5 Å². The Morgan fingerprint density at radius 3 is 2.09 bits per heavy atom. The van der Waals surface area contributed by atoms with E-state index in [2.05, 4.69) is 4.74 Å². The van der Waals surface area contributed by atoms with Crippen molar-refractivity contribution in [1.82, 2.24) is 0 Å². The monoisotopic (exact) mass is 456 g/mol. The number of ether oxygens (including phenoxy) is 2. The second kappa shape index (κ2) is 11.4. The van der Waals surface area contributed by atoms with Crippen molar-refractivity contribution in [3.8, 4) is 11.5 Å². The Kier molecular flexibility index (Phi) is 9.32. The van der Waals surface area contributed by atoms with Crippen molar-refractivity contribution in [2.75, 3.05) is 11.9 Å². The summed E-state index contributed by atoms with van der Waals surface area (Å²) < 4.78 is 49.5. The third-order valence-electron chi connectivity index (χ3n) is 3.49. The van der Waals surface area contributed by atoms with E-state index in [1.54, 1.807) is 6.92 Å². The number of hydrogen-bond donors (Lipinski definition) is 1. The summed E-state index contributed by atoms with van der Waals surface area (Å²) in [7, 11) is 0. The summed E-state index contributed by atoms with van der Waals surface area (Å²) in [5.41, 5.74) is -3.02. The fourth-order valence-electron chi connectivity index (χ4n) is 2.29. The molecule has 0 fully saturated rings. The molecule has 0 aliphatic rings. The summed E-state index contributed by atoms with van der Waals surface area (Å²) in [6, 6.07) is 6.70. The number of benzene rings is 2. The van der Waals surface area contributed by atoms with Crippen molar-refractivity contribution in [2.45, 2.75) is 26.9 Å². The van der Waals surface area contributed by atoms with Crippen LogP contribution in [0.2, 0.25) is 0 Å². The molecular formula is C20H19F3N2O7. The lowest BCUT2D eigenvalue weighted by molar-refractivity contribution is -0.384. The van der Waals surface area contributed by atoms with Crippen molar-refractivity contribution in [1.29, 1.82) is 0 Å². The molecule has 0 aliphatic heterocycles. The Morgan fingerprint density at radius 2 is 1.72 bits per heavy atom. The number of nitro groups is 1. The minimum atomic E-state index is -4.97. The van der Waals surface area contributed by atoms with Crippen molar-refractivity contribution in [3.63, 3.8) is 0 Å². The Bertz CT molecular complexity index is 990. The van der Waals surface area contributed by atoms with Gasteiger partial charge in [0.05, 0.1) is 23.2 Å². The molecule has 1 N–H and O–H groups in total. The molecule has 0 spiro atoms. The molecule has 0 bridgehead atoms. The molecule has 0 saturated carbocycles. The van der Waals surface area contributed by atoms with Crippen molar-refractivity contribution in [2.24, 2.45) is 0 Å². The highest BCUT2D eigenvalue weighted by Gasteiger charge is 2.38. The lowest BCUT2D eigenvalue weighted by Gasteiger charge is -2.15. The molecular weight excluding hydrogens is 437 g/mol. The van der Waals surface area contributed by atoms with Gasteiger partial charge in [0.15, 0.2) is 0 Å². The average Bonchev–Trinajstić information content (AvgIpc) is 2.68. The molecule has 172 valence electrons. The van der Waals surface area contributed by atoms with Crippen molar-refractivity contribution >= 4 is 29.5 Å². The van der Waals surface area contributed by atoms with E-state index in [-0.39, 0.29) is 11.7 Å². The number of hydrogen-bond acceptors (Lipinski definition) is 7. The van der Waals surface area contributed by atoms with E-state index >= 15 is 0 Å². The van der Waals surface area contributed by atoms with Crippen LogP contribution in [0.5, 0.6) is 11.5 Å². The zero-order chi connectivity index (χ0) is 24.5. The topological polar surface area (TPSA) is 125 Å². The number of carbonyl (C=O) groups is 3. The van der Waals surface area contributed by atoms with Gasteiger partial charge in [-0.15, -0.1) is 0 Å². The maximum atomic E-state index is 13.3. The van der Waals surface area contributed by atoms with E-state index in [1.165, 1.54) is 31.2 Å². The summed E-state index contributed by atoms with van der Waals surface area (Å²) in [5, 5.41) is 13.0. The quantitative estimate of drug-likeness (QED) is 0.288. The van der Waals surface area contributed by atoms with Crippen LogP contribution < -0.4 is 10.1 Å². The third-order valence-corrected chi connectivity index (χ3v) is 3.49. The van der Waals surface area contributed by atoms with Crippen LogP contribution in [-0.4, -0.2) is 29.7 Å². The predicted octanol–water partition coefficient (Wildman–Crippen LogP) is 4.75. The SMILES string of the molecule is CC(=O)Nc1c([N+](=O)[O-])cc(Oc2ccc(C=O)cc2)cc1C(F)(F)F.CCOC(C)=O. The maximum Gasteiger partial charge on any atom is 0.418 e. The molecule has 1 amide bonds. The van der Waals surface area contributed by atoms with E-state index in [1.807, 2.05) is 5.32 Å². The molecule has 12 heteroatoms. The van der Waals surface area contributed by atoms with Gasteiger partial charge >= 0.3 is 12.1 Å². The van der Waals surface area contributed by atoms with E-state index in [0.29, 0.717) is 24.5 Å². The minimum absolute atomic E-state index is 0.0744. The number of carbonyl (C=O) groups excluding carboxylic acids is 3. The van der Waals surface area contributed by atoms with E-state index in [4.69, 9.17) is 4.74 Å². The molecule has 9 nitrogen and oxygen atoms in total. The van der Waals surface area contributed by atoms with Crippen LogP contribution in [0.15, 0.2) is 36.4 Å². The standard InChI is InChI=1S/C16H11F3N2O5.C4H8O2/c1-9(23)20-15-13(16(17,18)19)6-12(7-14(15)21(24)25)26-11-4-2-10(8-22)3-5-11;1-3-6-4(2)5/h2-8H,1H3,(H,20,23);3H2,1-2H3. The average molecular weight is 456 g/mol. The van der Waals surface area contributed by atoms with Gasteiger partial charge in [-0.3, -0.25) is 24.5 Å². The maximum absolute atomic E-state index is 13.3. The first-order valence-corrected chi connectivity index (χ1v) is 8.92. The second-order valence-electron chi connectivity index (χ2n) is 6.01. The van der Waals surface area contributed by atoms with Crippen LogP contribution in [0.3, 0.4) is 0 Å². The first kappa shape index (κ1) is 26.1. The Labute approximate surface area is 180 Å². The molecule has 0 heterocycles. The summed E-state index contributed by atoms with van der Waals surface area (Å²) in [4.78, 5) is 41.7. The normalized spacial score (nSPS) is 10.3. The summed E-state index contributed by atoms with van der Waals surface area (Å²) in [5.74, 6) is -1.48. The van der Waals surface area contributed by atoms with Gasteiger partial charge in [0.2, 0.25) is 5.91 Å². The van der Waals surface area contributed by atoms with Crippen molar-refractivity contribution < 1.29 is 42.0 Å². The van der Waals surface area contributed by atoms with Crippen LogP contribution in [0, 0.1) is 10.1 Å². The molecule has 0 aromatic heterocycles. The van der Waals surface area contributed by atoms with Crippen LogP contribution in [0.1, 0.15) is 36.7 Å². The van der Waals surface area contributed by atoms with E-state index < -0.39 is 39.7 Å². The highest BCUT2D eigenvalue weighted by atomic mass is 19.4. The molecule has 0 saturated heterocycles. The molecule has 2 aromatic rings. The molecule has 0 unspecified atom stereocenters. The highest BCUT2D eigenvalue weighted by Crippen LogP contribution is 2.43. The fourth-order valence-corrected chi connectivity index (χ4v) is 2.29. The number of nitrogens with one attached hydrogen (secondary N) is 1. The lowest BCUT2D eigenvalue weighted by atomic mass is 10.1. The predicted molar refractivity (Wildman–Crippen MR) is 107 cm³/mol. The second-order valence-corrected chi connectivity index (χ2v) is 6.01. The highest BCUT2D eigenvalue weighted by molar-refractivity contribution is 5.93. The number of halogens is 3. The van der Waals surface area contributed by atoms with Gasteiger partial charge in [-0.25, -0.2) is 0 Å². The van der Waals surface area contributed by atoms with Crippen LogP contribution in [0.25, 0.3) is 0 Å². The number of esters is 1. The fraction of sp³-hybridized carbons (Fsp3) is 0.250. The van der Waals surface area contributed by atoms with Gasteiger partial charge in [0.25, 0.3) is 5.69 Å². The summed E-state index contributed by atoms with van der Waals surface area (Å²) >= 11 is 0. The number of nitrogens with zero attached hydrogens (tertiary/aromatic N) is 1. The molecule has 2 aromatic carbocycles. The van der Waals surface area contributed by atoms with E-state index in [9.17, 15) is 37.7 Å². The number of amides is 1. The largest absolute Gasteiger partial charge is 0.466 e. The van der Waals surface area contributed by atoms with Gasteiger partial charge in [-0.1, -0.05) is 0 Å². The van der Waals surface area contributed by atoms with Gasteiger partial charge < -0.3 is 14.8 Å². The molecule has 0 radical (unpaired) electrons. The number of nitro benzene ring substituents is 1. The summed E-state index contributed by atoms with van der Waals surface area (Å²) in [6.45, 7) is 4.59. The Balaban J connectivity index is 0.000000751. The van der Waals surface area contributed by atoms with E-state index in [0.717, 1.165) is 13.0 Å². The molecule has 0 aliphatic carbocycles. The Hall–Kier alpha value is -3.96. The number of rotatable bonds is 6. The third kappa shape index (κ3) is 8.05. The summed E-state index contributed by atoms with van der Waals surface area (Å²) in [6.07, 6.45) is -4.40. The van der Waals surface area contributed by atoms with Crippen LogP contribution in [0.4, 0.5) is 24.5 Å². The van der Waals surface area contributed by atoms with Crippen molar-refractivity contribution in [3.05, 3.63) is 57.6 Å². The Morgan fingerprint density at radius 1 is 1.12 bits per heavy atom. The van der Waals surface area contributed by atoms with Gasteiger partial charge in [-0.2, -0.15) is 13.2 Å². The zero-order valence-corrected chi connectivity index (χ0v) is 17.2. The first-order chi connectivity index (χ1) is 14.9. The minimum Gasteiger partial charge on any atom is -0.466 e. The number of alkyl halides is 3.